The highest BCUT2D eigenvalue weighted by atomic mass is 16.4. The molecule has 4 N–H and O–H groups in total. The minimum atomic E-state index is -1.01. The molecule has 1 aromatic carbocycles. The Kier molecular flexibility index (Phi) is 10.8. The highest BCUT2D eigenvalue weighted by Gasteiger charge is 2.23. The van der Waals surface area contributed by atoms with Crippen molar-refractivity contribution in [3.8, 4) is 0 Å². The third-order valence-electron chi connectivity index (χ3n) is 4.58. The van der Waals surface area contributed by atoms with E-state index in [0.717, 1.165) is 18.7 Å². The molecule has 2 atom stereocenters. The number of carbonyl (C=O) groups excluding carboxylic acids is 2. The van der Waals surface area contributed by atoms with Crippen LogP contribution in [0.5, 0.6) is 0 Å². The first kappa shape index (κ1) is 23.6. The molecule has 0 aliphatic rings. The number of benzene rings is 1. The summed E-state index contributed by atoms with van der Waals surface area (Å²) in [6.07, 6.45) is 1.22. The van der Waals surface area contributed by atoms with Gasteiger partial charge in [-0.15, -0.1) is 0 Å². The van der Waals surface area contributed by atoms with Crippen LogP contribution >= 0.6 is 0 Å². The van der Waals surface area contributed by atoms with E-state index >= 15 is 0 Å². The average molecular weight is 393 g/mol. The van der Waals surface area contributed by atoms with Crippen LogP contribution in [0.1, 0.15) is 39.2 Å². The van der Waals surface area contributed by atoms with E-state index in [2.05, 4.69) is 21.1 Å². The van der Waals surface area contributed by atoms with Crippen LogP contribution in [0.4, 0.5) is 0 Å². The number of nitrogens with one attached hydrogen (secondary N) is 3. The zero-order valence-corrected chi connectivity index (χ0v) is 16.9. The Morgan fingerprint density at radius 3 is 2.29 bits per heavy atom. The second-order valence-electron chi connectivity index (χ2n) is 6.62. The number of hydrogen-bond acceptors (Lipinski definition) is 5. The van der Waals surface area contributed by atoms with Crippen LogP contribution in [-0.2, 0) is 20.8 Å². The fourth-order valence-corrected chi connectivity index (χ4v) is 2.71. The van der Waals surface area contributed by atoms with Crippen LogP contribution in [0.25, 0.3) is 0 Å². The van der Waals surface area contributed by atoms with Gasteiger partial charge in [-0.3, -0.25) is 30.6 Å². The maximum atomic E-state index is 12.1. The summed E-state index contributed by atoms with van der Waals surface area (Å²) in [4.78, 5) is 37.6. The van der Waals surface area contributed by atoms with Gasteiger partial charge in [-0.25, -0.2) is 0 Å². The molecule has 0 saturated heterocycles. The maximum Gasteiger partial charge on any atom is 0.320 e. The van der Waals surface area contributed by atoms with E-state index < -0.39 is 24.0 Å². The summed E-state index contributed by atoms with van der Waals surface area (Å²) in [6.45, 7) is 7.94. The SMILES string of the molecule is CCN(CC)CCC(=O)NNC(=O)[C@H](C)N[C@@H](CCc1ccccc1)C(=O)O. The van der Waals surface area contributed by atoms with Crippen molar-refractivity contribution in [1.82, 2.24) is 21.1 Å². The van der Waals surface area contributed by atoms with E-state index in [1.165, 1.54) is 0 Å². The van der Waals surface area contributed by atoms with Gasteiger partial charge in [-0.1, -0.05) is 44.2 Å². The fraction of sp³-hybridized carbons (Fsp3) is 0.550. The van der Waals surface area contributed by atoms with E-state index in [1.807, 2.05) is 44.2 Å². The largest absolute Gasteiger partial charge is 0.480 e. The highest BCUT2D eigenvalue weighted by molar-refractivity contribution is 5.85. The molecule has 0 radical (unpaired) electrons. The molecule has 0 spiro atoms. The van der Waals surface area contributed by atoms with Gasteiger partial charge in [0.05, 0.1) is 6.04 Å². The summed E-state index contributed by atoms with van der Waals surface area (Å²) in [5.41, 5.74) is 5.76. The fourth-order valence-electron chi connectivity index (χ4n) is 2.71. The third kappa shape index (κ3) is 8.96. The standard InChI is InChI=1S/C20H32N4O4/c1-4-24(5-2)14-13-18(25)22-23-19(26)15(3)21-17(20(27)28)12-11-16-9-7-6-8-10-16/h6-10,15,17,21H,4-5,11-14H2,1-3H3,(H,22,25)(H,23,26)(H,27,28)/t15-,17-/m0/s1. The van der Waals surface area contributed by atoms with E-state index in [4.69, 9.17) is 0 Å². The van der Waals surface area contributed by atoms with E-state index in [1.54, 1.807) is 6.92 Å². The monoisotopic (exact) mass is 392 g/mol. The molecular formula is C20H32N4O4. The van der Waals surface area contributed by atoms with Crippen LogP contribution in [-0.4, -0.2) is 59.5 Å². The van der Waals surface area contributed by atoms with Crippen molar-refractivity contribution in [2.24, 2.45) is 0 Å². The molecular weight excluding hydrogens is 360 g/mol. The number of carboxylic acid groups (broad SMARTS) is 1. The van der Waals surface area contributed by atoms with E-state index in [0.29, 0.717) is 19.4 Å². The maximum absolute atomic E-state index is 12.1. The van der Waals surface area contributed by atoms with Crippen molar-refractivity contribution in [3.63, 3.8) is 0 Å². The molecule has 28 heavy (non-hydrogen) atoms. The van der Waals surface area contributed by atoms with Gasteiger partial charge < -0.3 is 10.0 Å². The normalized spacial score (nSPS) is 13.0. The predicted octanol–water partition coefficient (Wildman–Crippen LogP) is 0.930. The molecule has 156 valence electrons. The first-order valence-corrected chi connectivity index (χ1v) is 9.71. The van der Waals surface area contributed by atoms with Crippen LogP contribution in [0, 0.1) is 0 Å². The summed E-state index contributed by atoms with van der Waals surface area (Å²) in [7, 11) is 0. The molecule has 8 heteroatoms. The topological polar surface area (TPSA) is 111 Å². The summed E-state index contributed by atoms with van der Waals surface area (Å²) < 4.78 is 0. The van der Waals surface area contributed by atoms with Crippen LogP contribution < -0.4 is 16.2 Å². The van der Waals surface area contributed by atoms with Gasteiger partial charge in [-0.2, -0.15) is 0 Å². The lowest BCUT2D eigenvalue weighted by Crippen LogP contribution is -2.53. The highest BCUT2D eigenvalue weighted by Crippen LogP contribution is 2.06. The van der Waals surface area contributed by atoms with E-state index in [9.17, 15) is 19.5 Å². The number of aryl methyl sites for hydroxylation is 1. The number of carbonyl (C=O) groups is 3. The number of rotatable bonds is 12. The Hall–Kier alpha value is -2.45. The number of aliphatic carboxylic acids is 1. The molecule has 8 nitrogen and oxygen atoms in total. The Morgan fingerprint density at radius 1 is 1.07 bits per heavy atom. The van der Waals surface area contributed by atoms with Crippen molar-refractivity contribution in [1.29, 1.82) is 0 Å². The Morgan fingerprint density at radius 2 is 1.71 bits per heavy atom. The second kappa shape index (κ2) is 12.9. The van der Waals surface area contributed by atoms with Crippen molar-refractivity contribution in [3.05, 3.63) is 35.9 Å². The lowest BCUT2D eigenvalue weighted by molar-refractivity contribution is -0.140. The second-order valence-corrected chi connectivity index (χ2v) is 6.62. The molecule has 0 aromatic heterocycles. The molecule has 0 unspecified atom stereocenters. The zero-order valence-electron chi connectivity index (χ0n) is 16.9. The van der Waals surface area contributed by atoms with Gasteiger partial charge in [0.15, 0.2) is 0 Å². The number of amides is 2. The number of hydrazine groups is 1. The van der Waals surface area contributed by atoms with Crippen molar-refractivity contribution in [2.75, 3.05) is 19.6 Å². The van der Waals surface area contributed by atoms with Crippen molar-refractivity contribution in [2.45, 2.75) is 52.1 Å². The first-order valence-electron chi connectivity index (χ1n) is 9.71. The number of carboxylic acids is 1. The minimum absolute atomic E-state index is 0.276. The third-order valence-corrected chi connectivity index (χ3v) is 4.58. The quantitative estimate of drug-likeness (QED) is 0.394. The first-order chi connectivity index (χ1) is 13.4. The van der Waals surface area contributed by atoms with Crippen molar-refractivity contribution < 1.29 is 19.5 Å². The molecule has 0 saturated carbocycles. The summed E-state index contributed by atoms with van der Waals surface area (Å²) in [6, 6.07) is 7.94. The lowest BCUT2D eigenvalue weighted by Gasteiger charge is -2.20. The minimum Gasteiger partial charge on any atom is -0.480 e. The molecule has 0 heterocycles. The molecule has 0 aliphatic carbocycles. The Labute approximate surface area is 166 Å². The van der Waals surface area contributed by atoms with Gasteiger partial charge in [0.2, 0.25) is 5.91 Å². The molecule has 2 amide bonds. The number of hydrogen-bond donors (Lipinski definition) is 4. The van der Waals surface area contributed by atoms with Gasteiger partial charge in [0.1, 0.15) is 6.04 Å². The van der Waals surface area contributed by atoms with Gasteiger partial charge >= 0.3 is 5.97 Å². The smallest absolute Gasteiger partial charge is 0.320 e. The van der Waals surface area contributed by atoms with Gasteiger partial charge in [-0.05, 0) is 38.4 Å². The molecule has 0 aliphatic heterocycles. The van der Waals surface area contributed by atoms with Gasteiger partial charge in [0, 0.05) is 13.0 Å². The Bertz CT molecular complexity index is 620. The molecule has 1 rings (SSSR count). The Balaban J connectivity index is 2.40. The van der Waals surface area contributed by atoms with Crippen molar-refractivity contribution >= 4 is 17.8 Å². The van der Waals surface area contributed by atoms with Gasteiger partial charge in [0.25, 0.3) is 5.91 Å². The molecule has 0 fully saturated rings. The molecule has 1 aromatic rings. The van der Waals surface area contributed by atoms with Crippen LogP contribution in [0.3, 0.4) is 0 Å². The predicted molar refractivity (Wildman–Crippen MR) is 107 cm³/mol. The summed E-state index contributed by atoms with van der Waals surface area (Å²) in [5, 5.41) is 12.2. The summed E-state index contributed by atoms with van der Waals surface area (Å²) in [5.74, 6) is -1.78. The lowest BCUT2D eigenvalue weighted by atomic mass is 10.0. The number of nitrogens with zero attached hydrogens (tertiary/aromatic N) is 1. The average Bonchev–Trinajstić information content (AvgIpc) is 2.70. The molecule has 0 bridgehead atoms. The van der Waals surface area contributed by atoms with Crippen LogP contribution in [0.15, 0.2) is 30.3 Å². The summed E-state index contributed by atoms with van der Waals surface area (Å²) >= 11 is 0. The zero-order chi connectivity index (χ0) is 20.9. The van der Waals surface area contributed by atoms with E-state index in [-0.39, 0.29) is 12.3 Å². The van der Waals surface area contributed by atoms with Crippen LogP contribution in [0.2, 0.25) is 0 Å².